The standard InChI is InChI=1S/C17H25BrN2/c1-13-10-16(6-5-14(13)11-18)20-9-7-17-15(12-20)4-3-8-19(17)2/h5-6,10,15,17H,3-4,7-9,11-12H2,1-2H3. The van der Waals surface area contributed by atoms with Crippen molar-refractivity contribution < 1.29 is 0 Å². The van der Waals surface area contributed by atoms with Gasteiger partial charge in [-0.3, -0.25) is 0 Å². The molecule has 3 rings (SSSR count). The first-order valence-corrected chi connectivity index (χ1v) is 8.92. The van der Waals surface area contributed by atoms with Crippen molar-refractivity contribution in [1.29, 1.82) is 0 Å². The molecule has 0 spiro atoms. The Bertz CT molecular complexity index is 474. The smallest absolute Gasteiger partial charge is 0.0369 e. The normalized spacial score (nSPS) is 27.4. The molecule has 0 aromatic heterocycles. The SMILES string of the molecule is Cc1cc(N2CCC3C(CCCN3C)C2)ccc1CBr. The largest absolute Gasteiger partial charge is 0.371 e. The number of rotatable bonds is 2. The molecule has 3 heteroatoms. The van der Waals surface area contributed by atoms with Crippen LogP contribution in [0.25, 0.3) is 0 Å². The van der Waals surface area contributed by atoms with E-state index in [9.17, 15) is 0 Å². The summed E-state index contributed by atoms with van der Waals surface area (Å²) in [6.07, 6.45) is 4.09. The number of piperidine rings is 2. The lowest BCUT2D eigenvalue weighted by atomic mass is 9.84. The molecule has 0 aliphatic carbocycles. The molecule has 2 atom stereocenters. The van der Waals surface area contributed by atoms with Crippen molar-refractivity contribution >= 4 is 21.6 Å². The molecule has 1 aromatic carbocycles. The van der Waals surface area contributed by atoms with Crippen LogP contribution < -0.4 is 4.90 Å². The van der Waals surface area contributed by atoms with Crippen LogP contribution in [-0.4, -0.2) is 37.6 Å². The highest BCUT2D eigenvalue weighted by molar-refractivity contribution is 9.08. The summed E-state index contributed by atoms with van der Waals surface area (Å²) in [6.45, 7) is 5.96. The summed E-state index contributed by atoms with van der Waals surface area (Å²) >= 11 is 3.56. The van der Waals surface area contributed by atoms with Gasteiger partial charge in [-0.15, -0.1) is 0 Å². The van der Waals surface area contributed by atoms with Crippen molar-refractivity contribution in [3.8, 4) is 0 Å². The second-order valence-corrected chi connectivity index (χ2v) is 6.99. The third kappa shape index (κ3) is 2.75. The van der Waals surface area contributed by atoms with E-state index in [0.29, 0.717) is 0 Å². The molecule has 0 amide bonds. The van der Waals surface area contributed by atoms with Crippen molar-refractivity contribution in [2.75, 3.05) is 31.6 Å². The Kier molecular flexibility index (Phi) is 4.37. The van der Waals surface area contributed by atoms with E-state index in [1.807, 2.05) is 0 Å². The fraction of sp³-hybridized carbons (Fsp3) is 0.647. The van der Waals surface area contributed by atoms with Gasteiger partial charge in [-0.1, -0.05) is 22.0 Å². The number of benzene rings is 1. The highest BCUT2D eigenvalue weighted by Crippen LogP contribution is 2.32. The number of aryl methyl sites for hydroxylation is 1. The molecule has 2 fully saturated rings. The molecule has 2 saturated heterocycles. The first kappa shape index (κ1) is 14.4. The van der Waals surface area contributed by atoms with E-state index < -0.39 is 0 Å². The van der Waals surface area contributed by atoms with Crippen LogP contribution in [0, 0.1) is 12.8 Å². The van der Waals surface area contributed by atoms with Gasteiger partial charge in [-0.05, 0) is 69.0 Å². The summed E-state index contributed by atoms with van der Waals surface area (Å²) in [5.41, 5.74) is 4.22. The zero-order chi connectivity index (χ0) is 14.1. The van der Waals surface area contributed by atoms with Crippen LogP contribution in [0.15, 0.2) is 18.2 Å². The Balaban J connectivity index is 1.74. The second kappa shape index (κ2) is 6.07. The lowest BCUT2D eigenvalue weighted by Gasteiger charge is -2.46. The van der Waals surface area contributed by atoms with E-state index in [-0.39, 0.29) is 0 Å². The van der Waals surface area contributed by atoms with Crippen molar-refractivity contribution in [2.45, 2.75) is 37.6 Å². The van der Waals surface area contributed by atoms with E-state index in [2.05, 4.69) is 57.9 Å². The Hall–Kier alpha value is -0.540. The maximum atomic E-state index is 3.56. The minimum atomic E-state index is 0.822. The van der Waals surface area contributed by atoms with Gasteiger partial charge in [-0.2, -0.15) is 0 Å². The number of hydrogen-bond acceptors (Lipinski definition) is 2. The van der Waals surface area contributed by atoms with E-state index in [1.54, 1.807) is 0 Å². The van der Waals surface area contributed by atoms with Crippen molar-refractivity contribution in [3.05, 3.63) is 29.3 Å². The number of hydrogen-bond donors (Lipinski definition) is 0. The van der Waals surface area contributed by atoms with E-state index in [4.69, 9.17) is 0 Å². The third-order valence-electron chi connectivity index (χ3n) is 5.18. The van der Waals surface area contributed by atoms with Crippen LogP contribution in [0.4, 0.5) is 5.69 Å². The fourth-order valence-corrected chi connectivity index (χ4v) is 4.54. The average molecular weight is 337 g/mol. The van der Waals surface area contributed by atoms with E-state index >= 15 is 0 Å². The number of halogens is 1. The first-order valence-electron chi connectivity index (χ1n) is 7.79. The van der Waals surface area contributed by atoms with Gasteiger partial charge >= 0.3 is 0 Å². The van der Waals surface area contributed by atoms with Crippen LogP contribution in [0.1, 0.15) is 30.4 Å². The molecule has 2 unspecified atom stereocenters. The van der Waals surface area contributed by atoms with Gasteiger partial charge in [0, 0.05) is 30.1 Å². The Morgan fingerprint density at radius 2 is 2.10 bits per heavy atom. The van der Waals surface area contributed by atoms with Crippen LogP contribution in [0.3, 0.4) is 0 Å². The molecule has 1 aromatic rings. The monoisotopic (exact) mass is 336 g/mol. The zero-order valence-electron chi connectivity index (χ0n) is 12.6. The van der Waals surface area contributed by atoms with E-state index in [0.717, 1.165) is 17.3 Å². The quantitative estimate of drug-likeness (QED) is 0.757. The molecule has 0 bridgehead atoms. The van der Waals surface area contributed by atoms with Crippen molar-refractivity contribution in [3.63, 3.8) is 0 Å². The van der Waals surface area contributed by atoms with E-state index in [1.165, 1.54) is 55.7 Å². The van der Waals surface area contributed by atoms with Gasteiger partial charge in [0.1, 0.15) is 0 Å². The third-order valence-corrected chi connectivity index (χ3v) is 5.79. The molecule has 2 nitrogen and oxygen atoms in total. The molecule has 20 heavy (non-hydrogen) atoms. The molecule has 2 aliphatic heterocycles. The number of likely N-dealkylation sites (tertiary alicyclic amines) is 1. The average Bonchev–Trinajstić information content (AvgIpc) is 2.47. The minimum Gasteiger partial charge on any atom is -0.371 e. The van der Waals surface area contributed by atoms with Crippen molar-refractivity contribution in [1.82, 2.24) is 4.90 Å². The highest BCUT2D eigenvalue weighted by atomic mass is 79.9. The minimum absolute atomic E-state index is 0.822. The summed E-state index contributed by atoms with van der Waals surface area (Å²) in [7, 11) is 2.31. The molecule has 0 radical (unpaired) electrons. The van der Waals surface area contributed by atoms with Gasteiger partial charge in [-0.25, -0.2) is 0 Å². The summed E-state index contributed by atoms with van der Waals surface area (Å²) in [5, 5.41) is 0.953. The first-order chi connectivity index (χ1) is 9.69. The van der Waals surface area contributed by atoms with Crippen LogP contribution >= 0.6 is 15.9 Å². The van der Waals surface area contributed by atoms with Gasteiger partial charge in [0.25, 0.3) is 0 Å². The van der Waals surface area contributed by atoms with Crippen LogP contribution in [-0.2, 0) is 5.33 Å². The summed E-state index contributed by atoms with van der Waals surface area (Å²) < 4.78 is 0. The Morgan fingerprint density at radius 1 is 1.25 bits per heavy atom. The maximum absolute atomic E-state index is 3.56. The summed E-state index contributed by atoms with van der Waals surface area (Å²) in [4.78, 5) is 5.19. The molecule has 2 heterocycles. The topological polar surface area (TPSA) is 6.48 Å². The summed E-state index contributed by atoms with van der Waals surface area (Å²) in [6, 6.07) is 7.77. The molecule has 2 aliphatic rings. The zero-order valence-corrected chi connectivity index (χ0v) is 14.2. The number of alkyl halides is 1. The molecular weight excluding hydrogens is 312 g/mol. The molecule has 110 valence electrons. The summed E-state index contributed by atoms with van der Waals surface area (Å²) in [5.74, 6) is 0.860. The van der Waals surface area contributed by atoms with Crippen LogP contribution in [0.2, 0.25) is 0 Å². The Morgan fingerprint density at radius 3 is 2.85 bits per heavy atom. The van der Waals surface area contributed by atoms with Crippen LogP contribution in [0.5, 0.6) is 0 Å². The predicted molar refractivity (Wildman–Crippen MR) is 89.8 cm³/mol. The second-order valence-electron chi connectivity index (χ2n) is 6.43. The fourth-order valence-electron chi connectivity index (χ4n) is 3.91. The van der Waals surface area contributed by atoms with Crippen molar-refractivity contribution in [2.24, 2.45) is 5.92 Å². The van der Waals surface area contributed by atoms with Gasteiger partial charge < -0.3 is 9.80 Å². The van der Waals surface area contributed by atoms with Gasteiger partial charge in [0.2, 0.25) is 0 Å². The molecule has 0 N–H and O–H groups in total. The number of anilines is 1. The molecular formula is C17H25BrN2. The Labute approximate surface area is 131 Å². The lowest BCUT2D eigenvalue weighted by Crippen LogP contribution is -2.52. The van der Waals surface area contributed by atoms with Gasteiger partial charge in [0.15, 0.2) is 0 Å². The number of nitrogens with zero attached hydrogens (tertiary/aromatic N) is 2. The lowest BCUT2D eigenvalue weighted by molar-refractivity contribution is 0.102. The van der Waals surface area contributed by atoms with Gasteiger partial charge in [0.05, 0.1) is 0 Å². The highest BCUT2D eigenvalue weighted by Gasteiger charge is 2.34. The predicted octanol–water partition coefficient (Wildman–Crippen LogP) is 3.81. The molecule has 0 saturated carbocycles. The maximum Gasteiger partial charge on any atom is 0.0369 e. The number of fused-ring (bicyclic) bond motifs is 1.